The molecule has 0 bridgehead atoms. The van der Waals surface area contributed by atoms with Crippen LogP contribution in [0.2, 0.25) is 0 Å². The molecule has 0 unspecified atom stereocenters. The number of hydrogen-bond donors (Lipinski definition) is 1. The van der Waals surface area contributed by atoms with Crippen LogP contribution in [0.1, 0.15) is 59.8 Å². The lowest BCUT2D eigenvalue weighted by Gasteiger charge is -2.29. The third kappa shape index (κ3) is 5.70. The van der Waals surface area contributed by atoms with Crippen LogP contribution < -0.4 is 5.32 Å². The van der Waals surface area contributed by atoms with Gasteiger partial charge in [-0.2, -0.15) is 0 Å². The van der Waals surface area contributed by atoms with Gasteiger partial charge < -0.3 is 10.1 Å². The van der Waals surface area contributed by atoms with Gasteiger partial charge in [0, 0.05) is 6.04 Å². The Bertz CT molecular complexity index is 365. The topological polar surface area (TPSA) is 55.4 Å². The molecule has 0 radical (unpaired) electrons. The third-order valence-electron chi connectivity index (χ3n) is 4.00. The molecule has 0 amide bonds. The van der Waals surface area contributed by atoms with Crippen molar-refractivity contribution in [1.29, 1.82) is 0 Å². The van der Waals surface area contributed by atoms with E-state index in [0.29, 0.717) is 12.6 Å². The maximum atomic E-state index is 12.0. The van der Waals surface area contributed by atoms with Crippen molar-refractivity contribution in [1.82, 2.24) is 5.32 Å². The van der Waals surface area contributed by atoms with Gasteiger partial charge in [0.2, 0.25) is 0 Å². The summed E-state index contributed by atoms with van der Waals surface area (Å²) in [5.74, 6) is 0.129. The van der Waals surface area contributed by atoms with E-state index in [9.17, 15) is 8.42 Å². The smallest absolute Gasteiger partial charge is 0.157 e. The molecule has 4 nitrogen and oxygen atoms in total. The molecule has 0 heterocycles. The van der Waals surface area contributed by atoms with E-state index >= 15 is 0 Å². The first-order valence-electron chi connectivity index (χ1n) is 7.83. The standard InChI is InChI=1S/C15H31NO3S/c1-5-10-16-13-6-8-14(9-7-13)19-11-12-20(17,18)15(2,3)4/h13-14,16H,5-12H2,1-4H3. The number of sulfone groups is 1. The molecular weight excluding hydrogens is 274 g/mol. The van der Waals surface area contributed by atoms with Gasteiger partial charge in [0.15, 0.2) is 9.84 Å². The van der Waals surface area contributed by atoms with Gasteiger partial charge in [0.25, 0.3) is 0 Å². The Balaban J connectivity index is 2.22. The maximum absolute atomic E-state index is 12.0. The summed E-state index contributed by atoms with van der Waals surface area (Å²) in [6, 6.07) is 0.619. The van der Waals surface area contributed by atoms with Gasteiger partial charge in [-0.05, 0) is 59.4 Å². The van der Waals surface area contributed by atoms with Crippen molar-refractivity contribution in [2.75, 3.05) is 18.9 Å². The highest BCUT2D eigenvalue weighted by Gasteiger charge is 2.29. The van der Waals surface area contributed by atoms with Crippen LogP contribution in [0.25, 0.3) is 0 Å². The number of hydrogen-bond acceptors (Lipinski definition) is 4. The fourth-order valence-electron chi connectivity index (χ4n) is 2.41. The van der Waals surface area contributed by atoms with Crippen LogP contribution >= 0.6 is 0 Å². The Labute approximate surface area is 124 Å². The number of ether oxygens (including phenoxy) is 1. The summed E-state index contributed by atoms with van der Waals surface area (Å²) < 4.78 is 29.0. The summed E-state index contributed by atoms with van der Waals surface area (Å²) in [6.45, 7) is 8.82. The molecule has 1 N–H and O–H groups in total. The first-order valence-corrected chi connectivity index (χ1v) is 9.49. The van der Waals surface area contributed by atoms with Crippen molar-refractivity contribution in [3.8, 4) is 0 Å². The van der Waals surface area contributed by atoms with Gasteiger partial charge in [0.05, 0.1) is 23.2 Å². The first kappa shape index (κ1) is 17.9. The second-order valence-electron chi connectivity index (χ2n) is 6.73. The van der Waals surface area contributed by atoms with Crippen molar-refractivity contribution in [2.45, 2.75) is 76.7 Å². The van der Waals surface area contributed by atoms with Crippen molar-refractivity contribution < 1.29 is 13.2 Å². The molecule has 0 atom stereocenters. The van der Waals surface area contributed by atoms with E-state index in [1.54, 1.807) is 20.8 Å². The van der Waals surface area contributed by atoms with Crippen LogP contribution in [-0.2, 0) is 14.6 Å². The average Bonchev–Trinajstić information content (AvgIpc) is 2.36. The van der Waals surface area contributed by atoms with Crippen molar-refractivity contribution in [3.05, 3.63) is 0 Å². The molecule has 20 heavy (non-hydrogen) atoms. The lowest BCUT2D eigenvalue weighted by molar-refractivity contribution is 0.0314. The minimum absolute atomic E-state index is 0.129. The molecular formula is C15H31NO3S. The predicted molar refractivity (Wildman–Crippen MR) is 83.8 cm³/mol. The second kappa shape index (κ2) is 7.76. The summed E-state index contributed by atoms with van der Waals surface area (Å²) in [4.78, 5) is 0. The molecule has 0 spiro atoms. The van der Waals surface area contributed by atoms with Crippen LogP contribution in [0.5, 0.6) is 0 Å². The second-order valence-corrected chi connectivity index (χ2v) is 9.59. The lowest BCUT2D eigenvalue weighted by Crippen LogP contribution is -2.37. The molecule has 0 saturated heterocycles. The van der Waals surface area contributed by atoms with Crippen LogP contribution in [0, 0.1) is 0 Å². The van der Waals surface area contributed by atoms with Crippen LogP contribution in [0.3, 0.4) is 0 Å². The quantitative estimate of drug-likeness (QED) is 0.785. The highest BCUT2D eigenvalue weighted by molar-refractivity contribution is 7.92. The lowest BCUT2D eigenvalue weighted by atomic mass is 9.93. The summed E-state index contributed by atoms with van der Waals surface area (Å²) in [7, 11) is -3.06. The van der Waals surface area contributed by atoms with Crippen molar-refractivity contribution in [3.63, 3.8) is 0 Å². The van der Waals surface area contributed by atoms with Crippen LogP contribution in [-0.4, -0.2) is 44.2 Å². The van der Waals surface area contributed by atoms with Gasteiger partial charge in [-0.25, -0.2) is 8.42 Å². The average molecular weight is 305 g/mol. The van der Waals surface area contributed by atoms with E-state index in [2.05, 4.69) is 12.2 Å². The SMILES string of the molecule is CCCNC1CCC(OCCS(=O)(=O)C(C)(C)C)CC1. The summed E-state index contributed by atoms with van der Waals surface area (Å²) in [6.07, 6.45) is 5.76. The van der Waals surface area contributed by atoms with Gasteiger partial charge in [-0.1, -0.05) is 6.92 Å². The van der Waals surface area contributed by atoms with Gasteiger partial charge in [0.1, 0.15) is 0 Å². The van der Waals surface area contributed by atoms with E-state index in [-0.39, 0.29) is 11.9 Å². The molecule has 0 aromatic heterocycles. The summed E-state index contributed by atoms with van der Waals surface area (Å²) >= 11 is 0. The van der Waals surface area contributed by atoms with E-state index in [4.69, 9.17) is 4.74 Å². The minimum Gasteiger partial charge on any atom is -0.377 e. The summed E-state index contributed by atoms with van der Waals surface area (Å²) in [5, 5.41) is 3.54. The van der Waals surface area contributed by atoms with E-state index in [0.717, 1.165) is 32.2 Å². The molecule has 1 aliphatic carbocycles. The first-order chi connectivity index (χ1) is 9.26. The Morgan fingerprint density at radius 2 is 1.75 bits per heavy atom. The molecule has 1 rings (SSSR count). The number of rotatable bonds is 7. The Morgan fingerprint density at radius 3 is 2.25 bits per heavy atom. The fraction of sp³-hybridized carbons (Fsp3) is 1.00. The van der Waals surface area contributed by atoms with Crippen LogP contribution in [0.4, 0.5) is 0 Å². The molecule has 1 fully saturated rings. The van der Waals surface area contributed by atoms with E-state index in [1.807, 2.05) is 0 Å². The summed E-state index contributed by atoms with van der Waals surface area (Å²) in [5.41, 5.74) is 0. The molecule has 0 aromatic rings. The van der Waals surface area contributed by atoms with Crippen molar-refractivity contribution in [2.24, 2.45) is 0 Å². The minimum atomic E-state index is -3.06. The van der Waals surface area contributed by atoms with Gasteiger partial charge >= 0.3 is 0 Å². The zero-order valence-corrected chi connectivity index (χ0v) is 14.3. The molecule has 1 saturated carbocycles. The number of nitrogens with one attached hydrogen (secondary N) is 1. The van der Waals surface area contributed by atoms with Gasteiger partial charge in [-0.15, -0.1) is 0 Å². The zero-order chi connectivity index (χ0) is 15.2. The molecule has 5 heteroatoms. The molecule has 0 aliphatic heterocycles. The molecule has 0 aromatic carbocycles. The highest BCUT2D eigenvalue weighted by Crippen LogP contribution is 2.22. The van der Waals surface area contributed by atoms with Crippen molar-refractivity contribution >= 4 is 9.84 Å². The third-order valence-corrected chi connectivity index (χ3v) is 6.57. The normalized spacial score (nSPS) is 24.8. The van der Waals surface area contributed by atoms with E-state index in [1.165, 1.54) is 6.42 Å². The van der Waals surface area contributed by atoms with Gasteiger partial charge in [-0.3, -0.25) is 0 Å². The Morgan fingerprint density at radius 1 is 1.15 bits per heavy atom. The predicted octanol–water partition coefficient (Wildman–Crippen LogP) is 2.53. The Hall–Kier alpha value is -0.130. The fourth-order valence-corrected chi connectivity index (χ4v) is 3.34. The largest absolute Gasteiger partial charge is 0.377 e. The molecule has 1 aliphatic rings. The van der Waals surface area contributed by atoms with E-state index < -0.39 is 14.6 Å². The maximum Gasteiger partial charge on any atom is 0.157 e. The molecule has 120 valence electrons. The zero-order valence-electron chi connectivity index (χ0n) is 13.4. The monoisotopic (exact) mass is 305 g/mol. The van der Waals surface area contributed by atoms with Crippen LogP contribution in [0.15, 0.2) is 0 Å². The Kier molecular flexibility index (Phi) is 6.95. The highest BCUT2D eigenvalue weighted by atomic mass is 32.2.